The highest BCUT2D eigenvalue weighted by atomic mass is 32.2. The second-order valence-electron chi connectivity index (χ2n) is 13.1. The van der Waals surface area contributed by atoms with E-state index in [-0.39, 0.29) is 64.7 Å². The van der Waals surface area contributed by atoms with Gasteiger partial charge in [0.15, 0.2) is 18.1 Å². The lowest BCUT2D eigenvalue weighted by Crippen LogP contribution is -2.42. The van der Waals surface area contributed by atoms with Gasteiger partial charge in [-0.05, 0) is 92.1 Å². The summed E-state index contributed by atoms with van der Waals surface area (Å²) in [6, 6.07) is 21.2. The van der Waals surface area contributed by atoms with Crippen LogP contribution in [0.4, 0.5) is 11.4 Å². The van der Waals surface area contributed by atoms with E-state index >= 15 is 0 Å². The van der Waals surface area contributed by atoms with Gasteiger partial charge in [0, 0.05) is 21.7 Å². The number of H-pyrrole nitrogens is 1. The average molecular weight is 726 g/mol. The predicted octanol–water partition coefficient (Wildman–Crippen LogP) is 5.71. The lowest BCUT2D eigenvalue weighted by Gasteiger charge is -2.43. The molecule has 2 saturated carbocycles. The van der Waals surface area contributed by atoms with Crippen molar-refractivity contribution in [3.63, 3.8) is 0 Å². The number of hydrogen-bond donors (Lipinski definition) is 2. The van der Waals surface area contributed by atoms with Crippen molar-refractivity contribution in [3.8, 4) is 11.5 Å². The molecule has 51 heavy (non-hydrogen) atoms. The van der Waals surface area contributed by atoms with Crippen LogP contribution in [0.5, 0.6) is 11.5 Å². The van der Waals surface area contributed by atoms with Gasteiger partial charge in [-0.25, -0.2) is 4.79 Å². The molecule has 2 N–H and O–H groups in total. The fraction of sp³-hybridized carbons (Fsp3) is 0.342. The molecule has 0 spiro atoms. The zero-order valence-electron chi connectivity index (χ0n) is 27.8. The third-order valence-corrected chi connectivity index (χ3v) is 13.0. The van der Waals surface area contributed by atoms with Gasteiger partial charge in [0.05, 0.1) is 41.3 Å². The Hall–Kier alpha value is -4.88. The van der Waals surface area contributed by atoms with Crippen LogP contribution in [0.1, 0.15) is 47.0 Å². The quantitative estimate of drug-likeness (QED) is 0.155. The van der Waals surface area contributed by atoms with Crippen LogP contribution in [0.25, 0.3) is 0 Å². The van der Waals surface area contributed by atoms with Crippen LogP contribution >= 0.6 is 23.1 Å². The van der Waals surface area contributed by atoms with Gasteiger partial charge in [-0.15, -0.1) is 11.8 Å². The minimum Gasteiger partial charge on any atom is -0.490 e. The molecule has 1 aromatic heterocycles. The molecule has 13 heteroatoms. The van der Waals surface area contributed by atoms with Gasteiger partial charge in [-0.2, -0.15) is 0 Å². The third-order valence-electron chi connectivity index (χ3n) is 10.4. The number of hydrogen-bond acceptors (Lipinski definition) is 10. The standard InChI is InChI=1S/C38H35N3O8S2/c1-3-47-26-16-20(12-15-25(26)49-18-27(42)39-21-8-6-5-7-9-21)28-29-23-17-24(32(29)50-34-33(28)51-38(46)40-34)31-30(23)35(43)41(36(31)44)22-13-10-19(11-14-22)37(45)48-4-2/h5-16,23-24,28-32H,3-4,17-18H2,1-2H3,(H,39,42)(H,40,46)/t23?,24?,28-,29?,30?,31?,32?/m1/s1. The molecule has 7 atom stereocenters. The fourth-order valence-electron chi connectivity index (χ4n) is 8.57. The van der Waals surface area contributed by atoms with E-state index in [1.54, 1.807) is 61.2 Å². The number of fused-ring (bicyclic) bond motifs is 9. The molecule has 0 radical (unpaired) electrons. The molecule has 1 saturated heterocycles. The Labute approximate surface area is 301 Å². The zero-order chi connectivity index (χ0) is 35.4. The molecule has 3 fully saturated rings. The van der Waals surface area contributed by atoms with Gasteiger partial charge in [0.2, 0.25) is 11.8 Å². The number of imide groups is 1. The maximum atomic E-state index is 14.2. The summed E-state index contributed by atoms with van der Waals surface area (Å²) >= 11 is 2.80. The van der Waals surface area contributed by atoms with Crippen molar-refractivity contribution in [1.29, 1.82) is 0 Å². The number of nitrogens with zero attached hydrogens (tertiary/aromatic N) is 1. The Bertz CT molecular complexity index is 2080. The van der Waals surface area contributed by atoms with Crippen molar-refractivity contribution >= 4 is 58.2 Å². The number of aromatic amines is 1. The van der Waals surface area contributed by atoms with Crippen LogP contribution < -0.4 is 24.6 Å². The maximum absolute atomic E-state index is 14.2. The number of benzene rings is 3. The Balaban J connectivity index is 1.09. The Kier molecular flexibility index (Phi) is 8.71. The fourth-order valence-corrected chi connectivity index (χ4v) is 11.5. The van der Waals surface area contributed by atoms with Crippen LogP contribution in [0.2, 0.25) is 0 Å². The molecule has 3 amide bonds. The van der Waals surface area contributed by atoms with Gasteiger partial charge >= 0.3 is 10.8 Å². The molecule has 11 nitrogen and oxygen atoms in total. The molecule has 8 rings (SSSR count). The number of thioether (sulfide) groups is 1. The number of amides is 3. The Morgan fingerprint density at radius 3 is 2.35 bits per heavy atom. The number of para-hydroxylation sites is 1. The van der Waals surface area contributed by atoms with Crippen molar-refractivity contribution in [1.82, 2.24) is 4.98 Å². The van der Waals surface area contributed by atoms with Crippen LogP contribution in [0.15, 0.2) is 82.6 Å². The lowest BCUT2D eigenvalue weighted by molar-refractivity contribution is -0.123. The summed E-state index contributed by atoms with van der Waals surface area (Å²) in [5, 5.41) is 3.63. The minimum absolute atomic E-state index is 0.00930. The highest BCUT2D eigenvalue weighted by Gasteiger charge is 2.69. The Morgan fingerprint density at radius 1 is 0.882 bits per heavy atom. The summed E-state index contributed by atoms with van der Waals surface area (Å²) in [6.45, 7) is 4.00. The first-order chi connectivity index (χ1) is 24.8. The number of anilines is 2. The number of carbonyl (C=O) groups is 4. The van der Waals surface area contributed by atoms with Crippen molar-refractivity contribution < 1.29 is 33.4 Å². The van der Waals surface area contributed by atoms with E-state index in [0.29, 0.717) is 35.0 Å². The van der Waals surface area contributed by atoms with Gasteiger partial charge in [0.25, 0.3) is 5.91 Å². The normalized spacial score (nSPS) is 25.6. The third kappa shape index (κ3) is 5.72. The van der Waals surface area contributed by atoms with Crippen molar-refractivity contribution in [3.05, 3.63) is 98.5 Å². The molecule has 6 unspecified atom stereocenters. The average Bonchev–Trinajstić information content (AvgIpc) is 3.87. The summed E-state index contributed by atoms with van der Waals surface area (Å²) in [6.07, 6.45) is 0.747. The molecule has 2 aliphatic heterocycles. The second-order valence-corrected chi connectivity index (χ2v) is 15.3. The minimum atomic E-state index is -0.481. The number of ether oxygens (including phenoxy) is 3. The van der Waals surface area contributed by atoms with Gasteiger partial charge < -0.3 is 24.5 Å². The van der Waals surface area contributed by atoms with E-state index in [1.807, 2.05) is 37.3 Å². The van der Waals surface area contributed by atoms with Crippen LogP contribution in [0.3, 0.4) is 0 Å². The first-order valence-electron chi connectivity index (χ1n) is 17.1. The number of carbonyl (C=O) groups excluding carboxylic acids is 4. The van der Waals surface area contributed by atoms with E-state index in [9.17, 15) is 24.0 Å². The summed E-state index contributed by atoms with van der Waals surface area (Å²) in [7, 11) is 0. The SMILES string of the molecule is CCOC(=O)c1ccc(N2C(=O)C3C4CC(C3C2=O)C2C4Sc3[nH]c(=O)sc3[C@@H]2c2ccc(OCC(=O)Nc3ccccc3)c(OCC)c2)cc1. The van der Waals surface area contributed by atoms with E-state index in [4.69, 9.17) is 14.2 Å². The molecular weight excluding hydrogens is 691 g/mol. The van der Waals surface area contributed by atoms with Gasteiger partial charge in [-0.1, -0.05) is 35.6 Å². The molecule has 2 aliphatic carbocycles. The number of thiazole rings is 1. The molecule has 3 aromatic carbocycles. The summed E-state index contributed by atoms with van der Waals surface area (Å²) in [4.78, 5) is 70.9. The molecule has 4 aromatic rings. The van der Waals surface area contributed by atoms with Crippen molar-refractivity contribution in [2.45, 2.75) is 36.5 Å². The van der Waals surface area contributed by atoms with Gasteiger partial charge in [-0.3, -0.25) is 24.1 Å². The predicted molar refractivity (Wildman–Crippen MR) is 192 cm³/mol. The number of esters is 1. The Morgan fingerprint density at radius 2 is 1.63 bits per heavy atom. The van der Waals surface area contributed by atoms with Crippen molar-refractivity contribution in [2.24, 2.45) is 29.6 Å². The first-order valence-corrected chi connectivity index (χ1v) is 18.8. The smallest absolute Gasteiger partial charge is 0.338 e. The molecule has 4 aliphatic rings. The van der Waals surface area contributed by atoms with Crippen LogP contribution in [-0.4, -0.2) is 53.7 Å². The first kappa shape index (κ1) is 33.3. The van der Waals surface area contributed by atoms with Crippen LogP contribution in [0, 0.1) is 29.6 Å². The topological polar surface area (TPSA) is 144 Å². The molecule has 3 heterocycles. The lowest BCUT2D eigenvalue weighted by atomic mass is 9.68. The summed E-state index contributed by atoms with van der Waals surface area (Å²) in [5.74, 6) is -1.60. The molecule has 262 valence electrons. The number of rotatable bonds is 10. The molecule has 2 bridgehead atoms. The maximum Gasteiger partial charge on any atom is 0.338 e. The van der Waals surface area contributed by atoms with Gasteiger partial charge in [0.1, 0.15) is 0 Å². The summed E-state index contributed by atoms with van der Waals surface area (Å²) in [5.41, 5.74) is 2.38. The second kappa shape index (κ2) is 13.3. The number of nitrogens with one attached hydrogen (secondary N) is 2. The van der Waals surface area contributed by atoms with E-state index in [0.717, 1.165) is 21.9 Å². The zero-order valence-corrected chi connectivity index (χ0v) is 29.5. The largest absolute Gasteiger partial charge is 0.490 e. The highest BCUT2D eigenvalue weighted by Crippen LogP contribution is 2.68. The van der Waals surface area contributed by atoms with E-state index in [2.05, 4.69) is 10.3 Å². The van der Waals surface area contributed by atoms with E-state index in [1.165, 1.54) is 16.2 Å². The summed E-state index contributed by atoms with van der Waals surface area (Å²) < 4.78 is 17.0. The molecular formula is C38H35N3O8S2. The highest BCUT2D eigenvalue weighted by molar-refractivity contribution is 8.00. The number of aromatic nitrogens is 1. The van der Waals surface area contributed by atoms with E-state index < -0.39 is 17.8 Å². The van der Waals surface area contributed by atoms with Crippen LogP contribution in [-0.2, 0) is 19.1 Å². The van der Waals surface area contributed by atoms with Crippen molar-refractivity contribution in [2.75, 3.05) is 30.0 Å². The monoisotopic (exact) mass is 725 g/mol.